The van der Waals surface area contributed by atoms with Crippen molar-refractivity contribution in [1.82, 2.24) is 19.8 Å². The molecule has 3 rings (SSSR count). The van der Waals surface area contributed by atoms with E-state index < -0.39 is 5.91 Å². The Kier molecular flexibility index (Phi) is 9.01. The molecule has 2 aromatic carbocycles. The minimum atomic E-state index is -0.411. The van der Waals surface area contributed by atoms with Crippen LogP contribution in [-0.2, 0) is 22.6 Å². The fraction of sp³-hybridized carbons (Fsp3) is 0.385. The summed E-state index contributed by atoms with van der Waals surface area (Å²) >= 11 is 1.17. The minimum Gasteiger partial charge on any atom is -0.297 e. The molecular weight excluding hydrogens is 448 g/mol. The summed E-state index contributed by atoms with van der Waals surface area (Å²) in [6.07, 6.45) is 0.135. The van der Waals surface area contributed by atoms with E-state index in [2.05, 4.69) is 42.9 Å². The van der Waals surface area contributed by atoms with Gasteiger partial charge in [0.05, 0.1) is 23.1 Å². The Morgan fingerprint density at radius 1 is 0.971 bits per heavy atom. The van der Waals surface area contributed by atoms with Crippen LogP contribution in [0.3, 0.4) is 0 Å². The van der Waals surface area contributed by atoms with Gasteiger partial charge in [0.25, 0.3) is 5.56 Å². The smallest absolute Gasteiger partial charge is 0.262 e. The van der Waals surface area contributed by atoms with E-state index in [1.54, 1.807) is 16.7 Å². The lowest BCUT2D eigenvalue weighted by atomic mass is 10.1. The van der Waals surface area contributed by atoms with Crippen molar-refractivity contribution in [1.29, 1.82) is 0 Å². The summed E-state index contributed by atoms with van der Waals surface area (Å²) < 4.78 is 1.64. The number of para-hydroxylation sites is 1. The van der Waals surface area contributed by atoms with E-state index >= 15 is 0 Å². The maximum atomic E-state index is 13.3. The lowest BCUT2D eigenvalue weighted by Gasteiger charge is -2.30. The highest BCUT2D eigenvalue weighted by molar-refractivity contribution is 7.99. The lowest BCUT2D eigenvalue weighted by molar-refractivity contribution is -0.128. The van der Waals surface area contributed by atoms with Gasteiger partial charge in [0.1, 0.15) is 0 Å². The molecule has 7 nitrogen and oxygen atoms in total. The molecule has 0 radical (unpaired) electrons. The van der Waals surface area contributed by atoms with Gasteiger partial charge in [0.15, 0.2) is 5.16 Å². The standard InChI is InChI=1S/C26H32N4O3S/c1-18(2)29(19(3)4)14-15-30-25(33)21-12-8-9-13-22(21)27-26(30)34-17-24(32)28-23(31)16-20-10-6-5-7-11-20/h5-13,18-19H,14-17H2,1-4H3,(H,28,31,32). The van der Waals surface area contributed by atoms with Gasteiger partial charge in [-0.05, 0) is 45.4 Å². The summed E-state index contributed by atoms with van der Waals surface area (Å²) in [5, 5.41) is 3.45. The molecule has 0 unspecified atom stereocenters. The van der Waals surface area contributed by atoms with Gasteiger partial charge in [-0.25, -0.2) is 4.98 Å². The number of nitrogens with one attached hydrogen (secondary N) is 1. The number of carbonyl (C=O) groups excluding carboxylic acids is 2. The van der Waals surface area contributed by atoms with Crippen LogP contribution in [-0.4, -0.2) is 50.6 Å². The molecule has 1 heterocycles. The fourth-order valence-corrected chi connectivity index (χ4v) is 4.76. The third-order valence-electron chi connectivity index (χ3n) is 5.55. The van der Waals surface area contributed by atoms with Gasteiger partial charge in [-0.15, -0.1) is 0 Å². The van der Waals surface area contributed by atoms with Crippen molar-refractivity contribution < 1.29 is 9.59 Å². The summed E-state index contributed by atoms with van der Waals surface area (Å²) in [6, 6.07) is 17.2. The number of hydrogen-bond donors (Lipinski definition) is 1. The Bertz CT molecular complexity index is 1180. The zero-order chi connectivity index (χ0) is 24.7. The Balaban J connectivity index is 1.74. The van der Waals surface area contributed by atoms with E-state index in [0.717, 1.165) is 5.56 Å². The number of aromatic nitrogens is 2. The zero-order valence-corrected chi connectivity index (χ0v) is 21.0. The average Bonchev–Trinajstić information content (AvgIpc) is 2.79. The summed E-state index contributed by atoms with van der Waals surface area (Å²) in [5.41, 5.74) is 1.31. The van der Waals surface area contributed by atoms with Crippen LogP contribution in [0.2, 0.25) is 0 Å². The highest BCUT2D eigenvalue weighted by atomic mass is 32.2. The first-order valence-electron chi connectivity index (χ1n) is 11.5. The van der Waals surface area contributed by atoms with Gasteiger partial charge < -0.3 is 0 Å². The number of imide groups is 1. The Labute approximate surface area is 204 Å². The number of amides is 2. The Hall–Kier alpha value is -2.97. The number of fused-ring (bicyclic) bond motifs is 1. The van der Waals surface area contributed by atoms with Crippen molar-refractivity contribution in [2.45, 2.75) is 57.9 Å². The summed E-state index contributed by atoms with van der Waals surface area (Å²) in [7, 11) is 0. The number of rotatable bonds is 10. The monoisotopic (exact) mass is 480 g/mol. The van der Waals surface area contributed by atoms with Crippen molar-refractivity contribution in [2.75, 3.05) is 12.3 Å². The molecule has 0 fully saturated rings. The second-order valence-corrected chi connectivity index (χ2v) is 9.66. The molecule has 0 bridgehead atoms. The van der Waals surface area contributed by atoms with E-state index in [-0.39, 0.29) is 23.6 Å². The Morgan fingerprint density at radius 3 is 2.29 bits per heavy atom. The first kappa shape index (κ1) is 25.6. The second-order valence-electron chi connectivity index (χ2n) is 8.72. The first-order valence-corrected chi connectivity index (χ1v) is 12.5. The summed E-state index contributed by atoms with van der Waals surface area (Å²) in [5.74, 6) is -0.778. The third kappa shape index (κ3) is 6.77. The molecule has 0 aliphatic rings. The van der Waals surface area contributed by atoms with Crippen LogP contribution in [0.25, 0.3) is 10.9 Å². The second kappa shape index (κ2) is 11.9. The van der Waals surface area contributed by atoms with Crippen molar-refractivity contribution >= 4 is 34.5 Å². The van der Waals surface area contributed by atoms with E-state index in [1.807, 2.05) is 42.5 Å². The van der Waals surface area contributed by atoms with Gasteiger partial charge >= 0.3 is 0 Å². The largest absolute Gasteiger partial charge is 0.297 e. The van der Waals surface area contributed by atoms with Gasteiger partial charge in [0, 0.05) is 25.2 Å². The van der Waals surface area contributed by atoms with E-state index in [1.165, 1.54) is 11.8 Å². The van der Waals surface area contributed by atoms with Crippen LogP contribution in [0.15, 0.2) is 64.5 Å². The molecule has 1 aromatic heterocycles. The van der Waals surface area contributed by atoms with Crippen LogP contribution in [0.1, 0.15) is 33.3 Å². The summed E-state index contributed by atoms with van der Waals surface area (Å²) in [4.78, 5) is 44.9. The van der Waals surface area contributed by atoms with Crippen molar-refractivity contribution in [2.24, 2.45) is 0 Å². The van der Waals surface area contributed by atoms with Crippen molar-refractivity contribution in [3.63, 3.8) is 0 Å². The molecule has 8 heteroatoms. The van der Waals surface area contributed by atoms with Crippen LogP contribution in [0.5, 0.6) is 0 Å². The van der Waals surface area contributed by atoms with Crippen LogP contribution >= 0.6 is 11.8 Å². The SMILES string of the molecule is CC(C)N(CCn1c(SCC(=O)NC(=O)Cc2ccccc2)nc2ccccc2c1=O)C(C)C. The van der Waals surface area contributed by atoms with Crippen molar-refractivity contribution in [3.8, 4) is 0 Å². The molecule has 0 saturated carbocycles. The van der Waals surface area contributed by atoms with Gasteiger partial charge in [-0.3, -0.25) is 29.2 Å². The Morgan fingerprint density at radius 2 is 1.62 bits per heavy atom. The molecule has 1 N–H and O–H groups in total. The highest BCUT2D eigenvalue weighted by Crippen LogP contribution is 2.18. The molecular formula is C26H32N4O3S. The number of nitrogens with zero attached hydrogens (tertiary/aromatic N) is 3. The third-order valence-corrected chi connectivity index (χ3v) is 6.53. The molecule has 34 heavy (non-hydrogen) atoms. The minimum absolute atomic E-state index is 0.0105. The number of hydrogen-bond acceptors (Lipinski definition) is 6. The van der Waals surface area contributed by atoms with Gasteiger partial charge in [-0.2, -0.15) is 0 Å². The maximum Gasteiger partial charge on any atom is 0.262 e. The molecule has 180 valence electrons. The van der Waals surface area contributed by atoms with E-state index in [0.29, 0.717) is 41.2 Å². The number of benzene rings is 2. The topological polar surface area (TPSA) is 84.3 Å². The molecule has 0 atom stereocenters. The number of thioether (sulfide) groups is 1. The predicted octanol–water partition coefficient (Wildman–Crippen LogP) is 3.49. The molecule has 0 spiro atoms. The molecule has 2 amide bonds. The van der Waals surface area contributed by atoms with Gasteiger partial charge in [0.2, 0.25) is 11.8 Å². The van der Waals surface area contributed by atoms with Crippen LogP contribution in [0, 0.1) is 0 Å². The zero-order valence-electron chi connectivity index (χ0n) is 20.2. The predicted molar refractivity (Wildman–Crippen MR) is 137 cm³/mol. The number of carbonyl (C=O) groups is 2. The first-order chi connectivity index (χ1) is 16.3. The van der Waals surface area contributed by atoms with Crippen LogP contribution < -0.4 is 10.9 Å². The fourth-order valence-electron chi connectivity index (χ4n) is 3.93. The van der Waals surface area contributed by atoms with Crippen molar-refractivity contribution in [3.05, 3.63) is 70.5 Å². The van der Waals surface area contributed by atoms with E-state index in [4.69, 9.17) is 0 Å². The normalized spacial score (nSPS) is 11.5. The molecule has 0 aliphatic heterocycles. The van der Waals surface area contributed by atoms with E-state index in [9.17, 15) is 14.4 Å². The molecule has 3 aromatic rings. The average molecular weight is 481 g/mol. The maximum absolute atomic E-state index is 13.3. The molecule has 0 aliphatic carbocycles. The highest BCUT2D eigenvalue weighted by Gasteiger charge is 2.18. The lowest BCUT2D eigenvalue weighted by Crippen LogP contribution is -2.40. The van der Waals surface area contributed by atoms with Gasteiger partial charge in [-0.1, -0.05) is 54.2 Å². The quantitative estimate of drug-likeness (QED) is 0.353. The molecule has 0 saturated heterocycles. The van der Waals surface area contributed by atoms with Crippen LogP contribution in [0.4, 0.5) is 0 Å². The summed E-state index contributed by atoms with van der Waals surface area (Å²) in [6.45, 7) is 9.68.